The van der Waals surface area contributed by atoms with E-state index in [1.807, 2.05) is 30.3 Å². The number of hydrogen-bond acceptors (Lipinski definition) is 4. The molecule has 2 fully saturated rings. The number of carbonyl (C=O) groups is 3. The van der Waals surface area contributed by atoms with Crippen molar-refractivity contribution in [3.63, 3.8) is 0 Å². The smallest absolute Gasteiger partial charge is 0.408 e. The van der Waals surface area contributed by atoms with Gasteiger partial charge in [0.05, 0.1) is 5.92 Å². The molecule has 0 spiro atoms. The van der Waals surface area contributed by atoms with E-state index in [0.717, 1.165) is 12.0 Å². The number of aliphatic carboxylic acids is 2. The summed E-state index contributed by atoms with van der Waals surface area (Å²) in [7, 11) is 0. The first-order valence-corrected chi connectivity index (χ1v) is 8.88. The second-order valence-corrected chi connectivity index (χ2v) is 7.19. The zero-order valence-corrected chi connectivity index (χ0v) is 14.4. The molecule has 0 saturated heterocycles. The summed E-state index contributed by atoms with van der Waals surface area (Å²) < 4.78 is 5.22. The summed E-state index contributed by atoms with van der Waals surface area (Å²) in [4.78, 5) is 35.9. The molecule has 1 aromatic carbocycles. The van der Waals surface area contributed by atoms with Gasteiger partial charge in [-0.05, 0) is 43.1 Å². The van der Waals surface area contributed by atoms with Crippen molar-refractivity contribution < 1.29 is 29.3 Å². The first-order chi connectivity index (χ1) is 12.4. The van der Waals surface area contributed by atoms with Gasteiger partial charge in [-0.15, -0.1) is 0 Å². The van der Waals surface area contributed by atoms with Gasteiger partial charge >= 0.3 is 18.0 Å². The summed E-state index contributed by atoms with van der Waals surface area (Å²) in [5, 5.41) is 21.9. The average molecular weight is 361 g/mol. The van der Waals surface area contributed by atoms with E-state index in [-0.39, 0.29) is 19.4 Å². The minimum Gasteiger partial charge on any atom is -0.481 e. The third kappa shape index (κ3) is 3.38. The standard InChI is InChI=1S/C19H23NO6/c21-16(22)13-9-14-7-4-8-15(10-13)19(14,17(23)24)20-18(25)26-11-12-5-2-1-3-6-12/h1-3,5-6,13-15H,4,7-11H2,(H,20,25)(H,21,22)(H,23,24). The van der Waals surface area contributed by atoms with Crippen LogP contribution in [0.2, 0.25) is 0 Å². The first-order valence-electron chi connectivity index (χ1n) is 8.88. The highest BCUT2D eigenvalue weighted by atomic mass is 16.5. The molecule has 0 radical (unpaired) electrons. The SMILES string of the molecule is O=C(NC1(C(=O)O)C2CCCC1CC(C(=O)O)C2)OCc1ccccc1. The number of ether oxygens (including phenoxy) is 1. The molecule has 2 aliphatic rings. The van der Waals surface area contributed by atoms with Crippen LogP contribution in [0, 0.1) is 17.8 Å². The van der Waals surface area contributed by atoms with Gasteiger partial charge in [0.25, 0.3) is 0 Å². The van der Waals surface area contributed by atoms with Gasteiger partial charge in [-0.25, -0.2) is 9.59 Å². The summed E-state index contributed by atoms with van der Waals surface area (Å²) in [5.41, 5.74) is -0.639. The summed E-state index contributed by atoms with van der Waals surface area (Å²) >= 11 is 0. The largest absolute Gasteiger partial charge is 0.481 e. The molecule has 0 heterocycles. The van der Waals surface area contributed by atoms with E-state index in [1.165, 1.54) is 0 Å². The fraction of sp³-hybridized carbons (Fsp3) is 0.526. The fourth-order valence-electron chi connectivity index (χ4n) is 4.53. The van der Waals surface area contributed by atoms with Gasteiger partial charge in [0.2, 0.25) is 0 Å². The van der Waals surface area contributed by atoms with Crippen molar-refractivity contribution in [3.05, 3.63) is 35.9 Å². The fourth-order valence-corrected chi connectivity index (χ4v) is 4.53. The molecule has 2 saturated carbocycles. The second-order valence-electron chi connectivity index (χ2n) is 7.19. The van der Waals surface area contributed by atoms with Crippen LogP contribution >= 0.6 is 0 Å². The predicted molar refractivity (Wildman–Crippen MR) is 91.3 cm³/mol. The van der Waals surface area contributed by atoms with E-state index in [4.69, 9.17) is 4.74 Å². The molecule has 7 heteroatoms. The monoisotopic (exact) mass is 361 g/mol. The lowest BCUT2D eigenvalue weighted by molar-refractivity contribution is -0.162. The number of carboxylic acid groups (broad SMARTS) is 2. The molecule has 3 N–H and O–H groups in total. The zero-order chi connectivity index (χ0) is 18.7. The number of hydrogen-bond donors (Lipinski definition) is 3. The summed E-state index contributed by atoms with van der Waals surface area (Å²) in [6, 6.07) is 9.13. The van der Waals surface area contributed by atoms with Crippen LogP contribution in [0.3, 0.4) is 0 Å². The van der Waals surface area contributed by atoms with Crippen LogP contribution in [0.1, 0.15) is 37.7 Å². The van der Waals surface area contributed by atoms with Gasteiger partial charge < -0.3 is 20.3 Å². The quantitative estimate of drug-likeness (QED) is 0.743. The Bertz CT molecular complexity index is 675. The number of amides is 1. The Balaban J connectivity index is 1.74. The molecular formula is C19H23NO6. The molecular weight excluding hydrogens is 338 g/mol. The third-order valence-electron chi connectivity index (χ3n) is 5.76. The van der Waals surface area contributed by atoms with Crippen LogP contribution in [-0.2, 0) is 20.9 Å². The van der Waals surface area contributed by atoms with Crippen LogP contribution in [0.25, 0.3) is 0 Å². The number of alkyl carbamates (subject to hydrolysis) is 1. The number of benzene rings is 1. The Hall–Kier alpha value is -2.57. The number of fused-ring (bicyclic) bond motifs is 2. The third-order valence-corrected chi connectivity index (χ3v) is 5.76. The normalized spacial score (nSPS) is 30.2. The minimum atomic E-state index is -1.45. The molecule has 2 aliphatic carbocycles. The van der Waals surface area contributed by atoms with Gasteiger partial charge in [0, 0.05) is 0 Å². The predicted octanol–water partition coefficient (Wildman–Crippen LogP) is 2.65. The Morgan fingerprint density at radius 3 is 2.23 bits per heavy atom. The van der Waals surface area contributed by atoms with E-state index in [0.29, 0.717) is 12.8 Å². The molecule has 7 nitrogen and oxygen atoms in total. The molecule has 26 heavy (non-hydrogen) atoms. The van der Waals surface area contributed by atoms with E-state index in [2.05, 4.69) is 5.32 Å². The number of carbonyl (C=O) groups excluding carboxylic acids is 1. The number of nitrogens with one attached hydrogen (secondary N) is 1. The molecule has 1 amide bonds. The summed E-state index contributed by atoms with van der Waals surface area (Å²) in [6.07, 6.45) is 1.77. The highest BCUT2D eigenvalue weighted by Crippen LogP contribution is 2.49. The van der Waals surface area contributed by atoms with Crippen LogP contribution in [0.4, 0.5) is 4.79 Å². The minimum absolute atomic E-state index is 0.0510. The van der Waals surface area contributed by atoms with E-state index in [9.17, 15) is 24.6 Å². The maximum Gasteiger partial charge on any atom is 0.408 e. The number of carboxylic acids is 2. The highest BCUT2D eigenvalue weighted by molar-refractivity contribution is 5.86. The van der Waals surface area contributed by atoms with E-state index in [1.54, 1.807) is 0 Å². The van der Waals surface area contributed by atoms with Crippen molar-refractivity contribution in [2.75, 3.05) is 0 Å². The Morgan fingerprint density at radius 1 is 1.08 bits per heavy atom. The van der Waals surface area contributed by atoms with Gasteiger partial charge in [-0.1, -0.05) is 36.8 Å². The Morgan fingerprint density at radius 2 is 1.69 bits per heavy atom. The molecule has 140 valence electrons. The van der Waals surface area contributed by atoms with Crippen molar-refractivity contribution in [1.82, 2.24) is 5.32 Å². The topological polar surface area (TPSA) is 113 Å². The Labute approximate surface area is 151 Å². The lowest BCUT2D eigenvalue weighted by Crippen LogP contribution is -2.68. The second kappa shape index (κ2) is 7.35. The van der Waals surface area contributed by atoms with Crippen LogP contribution in [0.15, 0.2) is 30.3 Å². The maximum atomic E-state index is 12.3. The molecule has 2 unspecified atom stereocenters. The van der Waals surface area contributed by atoms with Crippen LogP contribution in [-0.4, -0.2) is 33.8 Å². The molecule has 0 aromatic heterocycles. The van der Waals surface area contributed by atoms with Crippen LogP contribution < -0.4 is 5.32 Å². The van der Waals surface area contributed by atoms with Gasteiger partial charge in [-0.3, -0.25) is 4.79 Å². The molecule has 1 aromatic rings. The molecule has 2 atom stereocenters. The maximum absolute atomic E-state index is 12.3. The average Bonchev–Trinajstić information content (AvgIpc) is 2.60. The van der Waals surface area contributed by atoms with Crippen molar-refractivity contribution in [2.24, 2.45) is 17.8 Å². The van der Waals surface area contributed by atoms with E-state index >= 15 is 0 Å². The van der Waals surface area contributed by atoms with Gasteiger partial charge in [0.1, 0.15) is 12.1 Å². The van der Waals surface area contributed by atoms with Crippen LogP contribution in [0.5, 0.6) is 0 Å². The van der Waals surface area contributed by atoms with Gasteiger partial charge in [0.15, 0.2) is 0 Å². The first kappa shape index (κ1) is 18.2. The highest BCUT2D eigenvalue weighted by Gasteiger charge is 2.59. The number of rotatable bonds is 5. The van der Waals surface area contributed by atoms with Crippen molar-refractivity contribution in [3.8, 4) is 0 Å². The molecule has 0 aliphatic heterocycles. The molecule has 3 rings (SSSR count). The zero-order valence-electron chi connectivity index (χ0n) is 14.4. The van der Waals surface area contributed by atoms with Crippen molar-refractivity contribution in [2.45, 2.75) is 44.2 Å². The van der Waals surface area contributed by atoms with Crippen molar-refractivity contribution in [1.29, 1.82) is 0 Å². The van der Waals surface area contributed by atoms with Crippen molar-refractivity contribution >= 4 is 18.0 Å². The molecule has 2 bridgehead atoms. The summed E-state index contributed by atoms with van der Waals surface area (Å²) in [5.74, 6) is -3.36. The summed E-state index contributed by atoms with van der Waals surface area (Å²) in [6.45, 7) is 0.0510. The Kier molecular flexibility index (Phi) is 5.15. The lowest BCUT2D eigenvalue weighted by atomic mass is 9.56. The van der Waals surface area contributed by atoms with Gasteiger partial charge in [-0.2, -0.15) is 0 Å². The lowest BCUT2D eigenvalue weighted by Gasteiger charge is -2.51. The van der Waals surface area contributed by atoms with E-state index < -0.39 is 41.3 Å².